The molecule has 286 valence electrons. The van der Waals surface area contributed by atoms with Gasteiger partial charge in [-0.05, 0) is 73.5 Å². The van der Waals surface area contributed by atoms with E-state index in [1.807, 2.05) is 29.3 Å². The summed E-state index contributed by atoms with van der Waals surface area (Å²) in [6.45, 7) is 8.83. The summed E-state index contributed by atoms with van der Waals surface area (Å²) in [5.41, 5.74) is 7.00. The van der Waals surface area contributed by atoms with Crippen molar-refractivity contribution in [1.29, 1.82) is 0 Å². The third-order valence-electron chi connectivity index (χ3n) is 11.0. The highest BCUT2D eigenvalue weighted by Gasteiger charge is 2.38. The van der Waals surface area contributed by atoms with E-state index < -0.39 is 12.1 Å². The number of likely N-dealkylation sites (N-methyl/N-ethyl adjacent to an activating group) is 1. The molecule has 55 heavy (non-hydrogen) atoms. The molecule has 0 aliphatic carbocycles. The van der Waals surface area contributed by atoms with Gasteiger partial charge in [-0.1, -0.05) is 92.7 Å². The molecule has 4 atom stereocenters. The minimum absolute atomic E-state index is 0.0828. The molecule has 0 saturated carbocycles. The first-order valence-corrected chi connectivity index (χ1v) is 19.4. The SMILES string of the molecule is CCN(CC)[C@@H](C(=O)N1CCC[C@H]1c1ncc(-c2ccc(-c3ccc(-c4cnc([C@@H]5CCCN5C(=O)C[C@H](C)NC(=O)O)[nH]4)cc3)cc2)[nH]1)c1ccccc1. The molecule has 2 fully saturated rings. The van der Waals surface area contributed by atoms with Crippen LogP contribution in [0, 0.1) is 0 Å². The minimum atomic E-state index is -1.13. The number of benzene rings is 3. The van der Waals surface area contributed by atoms with Crippen LogP contribution in [-0.4, -0.2) is 89.9 Å². The molecule has 4 N–H and O–H groups in total. The van der Waals surface area contributed by atoms with Crippen molar-refractivity contribution < 1.29 is 19.5 Å². The van der Waals surface area contributed by atoms with Crippen molar-refractivity contribution in [2.24, 2.45) is 0 Å². The number of rotatable bonds is 13. The number of imidazole rings is 2. The van der Waals surface area contributed by atoms with Gasteiger partial charge in [-0.2, -0.15) is 0 Å². The maximum atomic E-state index is 14.2. The average Bonchev–Trinajstić information content (AvgIpc) is 4.03. The number of amides is 3. The molecule has 7 rings (SSSR count). The molecule has 2 aliphatic heterocycles. The molecular weight excluding hydrogens is 693 g/mol. The molecular formula is C43H50N8O4. The van der Waals surface area contributed by atoms with E-state index in [-0.39, 0.29) is 36.4 Å². The maximum absolute atomic E-state index is 14.2. The molecule has 0 radical (unpaired) electrons. The highest BCUT2D eigenvalue weighted by molar-refractivity contribution is 5.84. The molecule has 3 aromatic carbocycles. The van der Waals surface area contributed by atoms with Gasteiger partial charge in [0.05, 0.1) is 35.9 Å². The zero-order chi connectivity index (χ0) is 38.5. The lowest BCUT2D eigenvalue weighted by molar-refractivity contribution is -0.138. The Morgan fingerprint density at radius 3 is 1.76 bits per heavy atom. The minimum Gasteiger partial charge on any atom is -0.465 e. The van der Waals surface area contributed by atoms with Crippen molar-refractivity contribution in [3.63, 3.8) is 0 Å². The molecule has 2 aliphatic rings. The Morgan fingerprint density at radius 2 is 1.25 bits per heavy atom. The van der Waals surface area contributed by atoms with Crippen molar-refractivity contribution in [1.82, 2.24) is 40.0 Å². The van der Waals surface area contributed by atoms with Crippen molar-refractivity contribution >= 4 is 17.9 Å². The number of hydrogen-bond acceptors (Lipinski definition) is 6. The van der Waals surface area contributed by atoms with E-state index in [1.165, 1.54) is 0 Å². The molecule has 12 nitrogen and oxygen atoms in total. The lowest BCUT2D eigenvalue weighted by Gasteiger charge is -2.34. The average molecular weight is 743 g/mol. The van der Waals surface area contributed by atoms with Crippen molar-refractivity contribution in [2.75, 3.05) is 26.2 Å². The summed E-state index contributed by atoms with van der Waals surface area (Å²) in [6, 6.07) is 25.8. The van der Waals surface area contributed by atoms with Gasteiger partial charge < -0.3 is 30.2 Å². The molecule has 5 aromatic rings. The van der Waals surface area contributed by atoms with E-state index >= 15 is 0 Å². The van der Waals surface area contributed by atoms with Crippen molar-refractivity contribution in [2.45, 2.75) is 77.0 Å². The number of aromatic nitrogens is 4. The molecule has 3 amide bonds. The fraction of sp³-hybridized carbons (Fsp3) is 0.372. The molecule has 12 heteroatoms. The summed E-state index contributed by atoms with van der Waals surface area (Å²) in [5, 5.41) is 11.3. The van der Waals surface area contributed by atoms with Crippen LogP contribution in [-0.2, 0) is 9.59 Å². The predicted molar refractivity (Wildman–Crippen MR) is 212 cm³/mol. The second kappa shape index (κ2) is 16.7. The number of nitrogens with zero attached hydrogens (tertiary/aromatic N) is 5. The Labute approximate surface area is 322 Å². The molecule has 0 unspecified atom stereocenters. The summed E-state index contributed by atoms with van der Waals surface area (Å²) < 4.78 is 0. The zero-order valence-corrected chi connectivity index (χ0v) is 31.7. The summed E-state index contributed by atoms with van der Waals surface area (Å²) in [6.07, 6.45) is 6.14. The van der Waals surface area contributed by atoms with E-state index in [2.05, 4.69) is 99.7 Å². The van der Waals surface area contributed by atoms with Gasteiger partial charge in [-0.15, -0.1) is 0 Å². The number of carbonyl (C=O) groups excluding carboxylic acids is 2. The third kappa shape index (κ3) is 8.19. The molecule has 2 saturated heterocycles. The quantitative estimate of drug-likeness (QED) is 0.0971. The summed E-state index contributed by atoms with van der Waals surface area (Å²) >= 11 is 0. The fourth-order valence-corrected chi connectivity index (χ4v) is 8.19. The van der Waals surface area contributed by atoms with E-state index in [0.29, 0.717) is 13.1 Å². The van der Waals surface area contributed by atoms with Crippen LogP contribution in [0.1, 0.15) is 88.2 Å². The van der Waals surface area contributed by atoms with Crippen molar-refractivity contribution in [3.05, 3.63) is 108 Å². The van der Waals surface area contributed by atoms with Crippen LogP contribution in [0.3, 0.4) is 0 Å². The van der Waals surface area contributed by atoms with Gasteiger partial charge in [-0.25, -0.2) is 14.8 Å². The zero-order valence-electron chi connectivity index (χ0n) is 31.7. The number of H-pyrrole nitrogens is 2. The van der Waals surface area contributed by atoms with Crippen molar-refractivity contribution in [3.8, 4) is 33.6 Å². The number of aromatic amines is 2. The Hall–Kier alpha value is -5.75. The standard InChI is InChI=1S/C43H50N8O4/c1-4-49(5-2)39(33-11-7-6-8-12-33)42(53)51-24-10-14-37(51)41-45-27-35(48-41)32-21-17-30(18-22-32)29-15-19-31(20-16-29)34-26-44-40(47-34)36-13-9-23-50(36)38(52)25-28(3)46-43(54)55/h6-8,11-12,15-22,26-28,36-37,39,46H,4-5,9-10,13-14,23-25H2,1-3H3,(H,44,47)(H,45,48)(H,54,55)/t28-,36-,37-,39+/m0/s1. The van der Waals surface area contributed by atoms with Gasteiger partial charge in [0, 0.05) is 25.6 Å². The van der Waals surface area contributed by atoms with Crippen LogP contribution in [0.4, 0.5) is 4.79 Å². The van der Waals surface area contributed by atoms with Gasteiger partial charge in [-0.3, -0.25) is 14.5 Å². The monoisotopic (exact) mass is 742 g/mol. The summed E-state index contributed by atoms with van der Waals surface area (Å²) in [4.78, 5) is 60.6. The van der Waals surface area contributed by atoms with E-state index in [9.17, 15) is 14.4 Å². The first-order chi connectivity index (χ1) is 26.7. The predicted octanol–water partition coefficient (Wildman–Crippen LogP) is 7.59. The second-order valence-corrected chi connectivity index (χ2v) is 14.5. The fourth-order valence-electron chi connectivity index (χ4n) is 8.19. The van der Waals surface area contributed by atoms with Crippen LogP contribution in [0.5, 0.6) is 0 Å². The molecule has 0 spiro atoms. The lowest BCUT2D eigenvalue weighted by Crippen LogP contribution is -2.43. The summed E-state index contributed by atoms with van der Waals surface area (Å²) in [7, 11) is 0. The van der Waals surface area contributed by atoms with Crippen LogP contribution in [0.2, 0.25) is 0 Å². The summed E-state index contributed by atoms with van der Waals surface area (Å²) in [5.74, 6) is 1.61. The largest absolute Gasteiger partial charge is 0.465 e. The highest BCUT2D eigenvalue weighted by atomic mass is 16.4. The topological polar surface area (TPSA) is 151 Å². The van der Waals surface area contributed by atoms with E-state index in [1.54, 1.807) is 18.0 Å². The third-order valence-corrected chi connectivity index (χ3v) is 11.0. The van der Waals surface area contributed by atoms with Gasteiger partial charge in [0.25, 0.3) is 0 Å². The number of likely N-dealkylation sites (tertiary alicyclic amines) is 2. The molecule has 4 heterocycles. The van der Waals surface area contributed by atoms with Gasteiger partial charge in [0.1, 0.15) is 17.7 Å². The number of carbonyl (C=O) groups is 3. The Morgan fingerprint density at radius 1 is 0.764 bits per heavy atom. The smallest absolute Gasteiger partial charge is 0.404 e. The normalized spacial score (nSPS) is 18.1. The van der Waals surface area contributed by atoms with Crippen LogP contribution >= 0.6 is 0 Å². The Bertz CT molecular complexity index is 2070. The number of hydrogen-bond donors (Lipinski definition) is 4. The first-order valence-electron chi connectivity index (χ1n) is 19.4. The number of carboxylic acid groups (broad SMARTS) is 1. The highest BCUT2D eigenvalue weighted by Crippen LogP contribution is 2.36. The van der Waals surface area contributed by atoms with E-state index in [0.717, 1.165) is 89.6 Å². The maximum Gasteiger partial charge on any atom is 0.404 e. The van der Waals surface area contributed by atoms with E-state index in [4.69, 9.17) is 10.1 Å². The van der Waals surface area contributed by atoms with Gasteiger partial charge in [0.2, 0.25) is 11.8 Å². The van der Waals surface area contributed by atoms with Gasteiger partial charge >= 0.3 is 6.09 Å². The van der Waals surface area contributed by atoms with Gasteiger partial charge in [0.15, 0.2) is 0 Å². The molecule has 0 bridgehead atoms. The lowest BCUT2D eigenvalue weighted by atomic mass is 10.0. The second-order valence-electron chi connectivity index (χ2n) is 14.5. The Kier molecular flexibility index (Phi) is 11.4. The first kappa shape index (κ1) is 37.6. The number of nitrogens with one attached hydrogen (secondary N) is 3. The van der Waals surface area contributed by atoms with Crippen LogP contribution in [0.25, 0.3) is 33.6 Å². The van der Waals surface area contributed by atoms with Crippen LogP contribution < -0.4 is 5.32 Å². The van der Waals surface area contributed by atoms with Crippen LogP contribution in [0.15, 0.2) is 91.3 Å². The molecule has 2 aromatic heterocycles. The Balaban J connectivity index is 1.00.